The summed E-state index contributed by atoms with van der Waals surface area (Å²) in [6, 6.07) is 9.54. The monoisotopic (exact) mass is 455 g/mol. The summed E-state index contributed by atoms with van der Waals surface area (Å²) < 4.78 is 53.9. The fourth-order valence-electron chi connectivity index (χ4n) is 3.09. The fraction of sp³-hybridized carbons (Fsp3) is 0.211. The van der Waals surface area contributed by atoms with Crippen LogP contribution in [0.1, 0.15) is 0 Å². The van der Waals surface area contributed by atoms with Crippen LogP contribution in [0.25, 0.3) is 11.3 Å². The minimum Gasteiger partial charge on any atom is -0.345 e. The fourth-order valence-corrected chi connectivity index (χ4v) is 5.55. The van der Waals surface area contributed by atoms with Crippen molar-refractivity contribution in [2.75, 3.05) is 31.1 Å². The number of benzene rings is 2. The van der Waals surface area contributed by atoms with Gasteiger partial charge in [-0.1, -0.05) is 23.7 Å². The molecular weight excluding hydrogens is 440 g/mol. The van der Waals surface area contributed by atoms with E-state index >= 15 is 0 Å². The highest BCUT2D eigenvalue weighted by molar-refractivity contribution is 7.89. The molecule has 2 aromatic carbocycles. The third-order valence-corrected chi connectivity index (χ3v) is 7.75. The Morgan fingerprint density at radius 1 is 1.03 bits per heavy atom. The molecule has 10 heteroatoms. The third kappa shape index (κ3) is 4.13. The minimum absolute atomic E-state index is 0.0488. The first-order valence-electron chi connectivity index (χ1n) is 8.76. The Bertz CT molecular complexity index is 1150. The Balaban J connectivity index is 1.46. The summed E-state index contributed by atoms with van der Waals surface area (Å²) in [6.07, 6.45) is 0. The van der Waals surface area contributed by atoms with Gasteiger partial charge in [-0.05, 0) is 30.3 Å². The molecule has 0 amide bonds. The molecule has 5 nitrogen and oxygen atoms in total. The molecule has 0 radical (unpaired) electrons. The first-order chi connectivity index (χ1) is 13.8. The predicted molar refractivity (Wildman–Crippen MR) is 110 cm³/mol. The molecule has 0 saturated carbocycles. The maximum Gasteiger partial charge on any atom is 0.243 e. The molecule has 1 fully saturated rings. The van der Waals surface area contributed by atoms with Gasteiger partial charge < -0.3 is 4.90 Å². The first kappa shape index (κ1) is 20.2. The molecule has 2 heterocycles. The number of halogens is 3. The van der Waals surface area contributed by atoms with E-state index in [2.05, 4.69) is 4.98 Å². The summed E-state index contributed by atoms with van der Waals surface area (Å²) >= 11 is 7.13. The number of hydrogen-bond acceptors (Lipinski definition) is 5. The highest BCUT2D eigenvalue weighted by Gasteiger charge is 2.29. The number of hydrogen-bond donors (Lipinski definition) is 0. The average molecular weight is 456 g/mol. The lowest BCUT2D eigenvalue weighted by Crippen LogP contribution is -2.48. The summed E-state index contributed by atoms with van der Waals surface area (Å²) in [5.74, 6) is -1.09. The Morgan fingerprint density at radius 3 is 2.48 bits per heavy atom. The zero-order valence-corrected chi connectivity index (χ0v) is 17.4. The van der Waals surface area contributed by atoms with Crippen LogP contribution in [0.4, 0.5) is 13.9 Å². The van der Waals surface area contributed by atoms with Crippen LogP contribution in [0, 0.1) is 11.6 Å². The largest absolute Gasteiger partial charge is 0.345 e. The molecule has 3 aromatic rings. The lowest BCUT2D eigenvalue weighted by atomic mass is 10.2. The number of piperazine rings is 1. The summed E-state index contributed by atoms with van der Waals surface area (Å²) in [7, 11) is -3.74. The van der Waals surface area contributed by atoms with Gasteiger partial charge in [-0.2, -0.15) is 4.31 Å². The van der Waals surface area contributed by atoms with Gasteiger partial charge in [0.05, 0.1) is 15.6 Å². The maximum atomic E-state index is 13.7. The van der Waals surface area contributed by atoms with Crippen molar-refractivity contribution in [2.45, 2.75) is 4.90 Å². The summed E-state index contributed by atoms with van der Waals surface area (Å²) in [5, 5.41) is 2.62. The van der Waals surface area contributed by atoms with Crippen LogP contribution >= 0.6 is 22.9 Å². The predicted octanol–water partition coefficient (Wildman–Crippen LogP) is 4.25. The zero-order valence-electron chi connectivity index (χ0n) is 15.1. The molecule has 29 heavy (non-hydrogen) atoms. The Kier molecular flexibility index (Phi) is 5.56. The molecule has 0 aliphatic carbocycles. The Hall–Kier alpha value is -2.07. The van der Waals surface area contributed by atoms with Crippen LogP contribution in [0.5, 0.6) is 0 Å². The van der Waals surface area contributed by atoms with E-state index in [0.717, 1.165) is 11.2 Å². The molecule has 0 unspecified atom stereocenters. The van der Waals surface area contributed by atoms with Crippen molar-refractivity contribution in [1.29, 1.82) is 0 Å². The normalized spacial score (nSPS) is 15.6. The molecule has 0 bridgehead atoms. The van der Waals surface area contributed by atoms with Crippen LogP contribution in [0.2, 0.25) is 5.02 Å². The van der Waals surface area contributed by atoms with E-state index in [1.54, 1.807) is 6.07 Å². The second-order valence-corrected chi connectivity index (χ2v) is 9.67. The topological polar surface area (TPSA) is 53.5 Å². The van der Waals surface area contributed by atoms with E-state index in [-0.39, 0.29) is 23.0 Å². The van der Waals surface area contributed by atoms with E-state index in [9.17, 15) is 17.2 Å². The Morgan fingerprint density at radius 2 is 1.79 bits per heavy atom. The van der Waals surface area contributed by atoms with Crippen molar-refractivity contribution in [3.8, 4) is 11.3 Å². The molecule has 0 atom stereocenters. The molecule has 1 saturated heterocycles. The van der Waals surface area contributed by atoms with Gasteiger partial charge in [0, 0.05) is 37.1 Å². The van der Waals surface area contributed by atoms with Crippen LogP contribution in [0.3, 0.4) is 0 Å². The van der Waals surface area contributed by atoms with Crippen molar-refractivity contribution < 1.29 is 17.2 Å². The quantitative estimate of drug-likeness (QED) is 0.590. The van der Waals surface area contributed by atoms with Crippen LogP contribution in [0.15, 0.2) is 52.7 Å². The minimum atomic E-state index is -3.74. The third-order valence-electron chi connectivity index (χ3n) is 4.65. The molecule has 4 rings (SSSR count). The van der Waals surface area contributed by atoms with E-state index in [4.69, 9.17) is 11.6 Å². The second kappa shape index (κ2) is 7.98. The molecule has 1 aromatic heterocycles. The number of aromatic nitrogens is 1. The first-order valence-corrected chi connectivity index (χ1v) is 11.5. The second-order valence-electron chi connectivity index (χ2n) is 6.49. The number of thiazole rings is 1. The highest BCUT2D eigenvalue weighted by atomic mass is 35.5. The van der Waals surface area contributed by atoms with Gasteiger partial charge >= 0.3 is 0 Å². The van der Waals surface area contributed by atoms with Gasteiger partial charge in [-0.25, -0.2) is 22.2 Å². The van der Waals surface area contributed by atoms with Crippen molar-refractivity contribution in [3.63, 3.8) is 0 Å². The van der Waals surface area contributed by atoms with Gasteiger partial charge in [0.2, 0.25) is 10.0 Å². The zero-order chi connectivity index (χ0) is 20.6. The van der Waals surface area contributed by atoms with Crippen LogP contribution < -0.4 is 4.90 Å². The standard InChI is InChI=1S/C19H16ClF2N3O2S2/c20-16-5-4-13(10-17(16)22)18-12-28-19(23-18)24-6-8-25(9-7-24)29(26,27)15-3-1-2-14(21)11-15/h1-5,10-12H,6-9H2. The maximum absolute atomic E-state index is 13.7. The molecule has 152 valence electrons. The van der Waals surface area contributed by atoms with E-state index < -0.39 is 21.7 Å². The SMILES string of the molecule is O=S(=O)(c1cccc(F)c1)N1CCN(c2nc(-c3ccc(Cl)c(F)c3)cs2)CC1. The highest BCUT2D eigenvalue weighted by Crippen LogP contribution is 2.30. The van der Waals surface area contributed by atoms with Gasteiger partial charge in [0.15, 0.2) is 5.13 Å². The number of sulfonamides is 1. The number of rotatable bonds is 4. The number of nitrogens with zero attached hydrogens (tertiary/aromatic N) is 3. The lowest BCUT2D eigenvalue weighted by molar-refractivity contribution is 0.384. The lowest BCUT2D eigenvalue weighted by Gasteiger charge is -2.33. The van der Waals surface area contributed by atoms with Gasteiger partial charge in [-0.3, -0.25) is 0 Å². The van der Waals surface area contributed by atoms with Gasteiger partial charge in [-0.15, -0.1) is 11.3 Å². The average Bonchev–Trinajstić information content (AvgIpc) is 3.20. The van der Waals surface area contributed by atoms with Crippen molar-refractivity contribution >= 4 is 38.1 Å². The summed E-state index contributed by atoms with van der Waals surface area (Å²) in [5.41, 5.74) is 1.26. The molecule has 0 spiro atoms. The summed E-state index contributed by atoms with van der Waals surface area (Å²) in [6.45, 7) is 1.44. The van der Waals surface area contributed by atoms with Crippen LogP contribution in [-0.4, -0.2) is 43.9 Å². The van der Waals surface area contributed by atoms with E-state index in [1.165, 1.54) is 46.0 Å². The van der Waals surface area contributed by atoms with E-state index in [0.29, 0.717) is 24.3 Å². The Labute approximate surface area is 176 Å². The molecular formula is C19H16ClF2N3O2S2. The number of anilines is 1. The van der Waals surface area contributed by atoms with Crippen molar-refractivity contribution in [3.05, 3.63) is 64.5 Å². The molecule has 1 aliphatic rings. The molecule has 0 N–H and O–H groups in total. The molecule has 1 aliphatic heterocycles. The van der Waals surface area contributed by atoms with Crippen LogP contribution in [-0.2, 0) is 10.0 Å². The van der Waals surface area contributed by atoms with Gasteiger partial charge in [0.1, 0.15) is 11.6 Å². The van der Waals surface area contributed by atoms with Crippen molar-refractivity contribution in [1.82, 2.24) is 9.29 Å². The van der Waals surface area contributed by atoms with E-state index in [1.807, 2.05) is 10.3 Å². The summed E-state index contributed by atoms with van der Waals surface area (Å²) in [4.78, 5) is 6.48. The van der Waals surface area contributed by atoms with Gasteiger partial charge in [0.25, 0.3) is 0 Å². The smallest absolute Gasteiger partial charge is 0.243 e. The van der Waals surface area contributed by atoms with Crippen molar-refractivity contribution in [2.24, 2.45) is 0 Å².